The molecule has 0 radical (unpaired) electrons. The molecule has 28 heavy (non-hydrogen) atoms. The van der Waals surface area contributed by atoms with Crippen molar-refractivity contribution in [2.24, 2.45) is 5.92 Å². The number of hydrogen-bond acceptors (Lipinski definition) is 3. The highest BCUT2D eigenvalue weighted by Gasteiger charge is 2.32. The molecule has 1 N–H and O–H groups in total. The standard InChI is InChI=1S/C20H22Br2N2O3S/c1-13-11-17(22)12-14(2)19(13)23-20(25)15-7-9-24(10-8-15)28(26,27)18-5-3-16(21)4-6-18/h3-6,11-12,15H,7-10H2,1-2H3,(H,23,25). The molecule has 1 amide bonds. The van der Waals surface area contributed by atoms with E-state index in [-0.39, 0.29) is 16.7 Å². The fourth-order valence-electron chi connectivity index (χ4n) is 3.45. The number of halogens is 2. The van der Waals surface area contributed by atoms with Crippen LogP contribution in [0.25, 0.3) is 0 Å². The largest absolute Gasteiger partial charge is 0.325 e. The summed E-state index contributed by atoms with van der Waals surface area (Å²) in [4.78, 5) is 13.0. The van der Waals surface area contributed by atoms with Crippen LogP contribution in [0.1, 0.15) is 24.0 Å². The van der Waals surface area contributed by atoms with Crippen LogP contribution in [0.5, 0.6) is 0 Å². The van der Waals surface area contributed by atoms with E-state index in [1.165, 1.54) is 4.31 Å². The van der Waals surface area contributed by atoms with Gasteiger partial charge in [0.05, 0.1) is 4.90 Å². The zero-order chi connectivity index (χ0) is 20.5. The lowest BCUT2D eigenvalue weighted by Crippen LogP contribution is -2.41. The molecule has 150 valence electrons. The van der Waals surface area contributed by atoms with E-state index in [4.69, 9.17) is 0 Å². The highest BCUT2D eigenvalue weighted by molar-refractivity contribution is 9.10. The summed E-state index contributed by atoms with van der Waals surface area (Å²) in [6, 6.07) is 10.6. The van der Waals surface area contributed by atoms with Crippen molar-refractivity contribution >= 4 is 53.5 Å². The number of piperidine rings is 1. The lowest BCUT2D eigenvalue weighted by atomic mass is 9.96. The normalized spacial score (nSPS) is 16.1. The fourth-order valence-corrected chi connectivity index (χ4v) is 5.87. The van der Waals surface area contributed by atoms with Crippen molar-refractivity contribution in [1.82, 2.24) is 4.31 Å². The van der Waals surface area contributed by atoms with Crippen molar-refractivity contribution in [3.8, 4) is 0 Å². The van der Waals surface area contributed by atoms with Crippen LogP contribution in [0.15, 0.2) is 50.2 Å². The Morgan fingerprint density at radius 3 is 2.07 bits per heavy atom. The number of hydrogen-bond donors (Lipinski definition) is 1. The molecule has 3 rings (SSSR count). The Morgan fingerprint density at radius 1 is 1.00 bits per heavy atom. The molecule has 0 aromatic heterocycles. The third-order valence-electron chi connectivity index (χ3n) is 5.02. The van der Waals surface area contributed by atoms with Crippen LogP contribution in [0.3, 0.4) is 0 Å². The average molecular weight is 530 g/mol. The molecule has 5 nitrogen and oxygen atoms in total. The van der Waals surface area contributed by atoms with Gasteiger partial charge in [0.1, 0.15) is 0 Å². The Bertz CT molecular complexity index is 960. The molecule has 0 unspecified atom stereocenters. The van der Waals surface area contributed by atoms with Gasteiger partial charge in [-0.2, -0.15) is 4.31 Å². The first-order chi connectivity index (χ1) is 13.2. The second kappa shape index (κ2) is 8.65. The van der Waals surface area contributed by atoms with Crippen molar-refractivity contribution in [2.45, 2.75) is 31.6 Å². The second-order valence-electron chi connectivity index (χ2n) is 7.04. The Labute approximate surface area is 182 Å². The quantitative estimate of drug-likeness (QED) is 0.614. The molecule has 1 saturated heterocycles. The second-order valence-corrected chi connectivity index (χ2v) is 10.8. The first-order valence-electron chi connectivity index (χ1n) is 9.02. The number of benzene rings is 2. The molecule has 1 aliphatic heterocycles. The smallest absolute Gasteiger partial charge is 0.243 e. The number of amides is 1. The van der Waals surface area contributed by atoms with E-state index in [0.717, 1.165) is 25.8 Å². The fraction of sp³-hybridized carbons (Fsp3) is 0.350. The van der Waals surface area contributed by atoms with Gasteiger partial charge in [0.25, 0.3) is 0 Å². The molecule has 1 fully saturated rings. The lowest BCUT2D eigenvalue weighted by molar-refractivity contribution is -0.120. The summed E-state index contributed by atoms with van der Waals surface area (Å²) in [6.45, 7) is 4.60. The summed E-state index contributed by atoms with van der Waals surface area (Å²) >= 11 is 6.78. The van der Waals surface area contributed by atoms with Gasteiger partial charge in [0, 0.05) is 33.6 Å². The summed E-state index contributed by atoms with van der Waals surface area (Å²) in [5.41, 5.74) is 2.82. The summed E-state index contributed by atoms with van der Waals surface area (Å²) in [5, 5.41) is 3.03. The Kier molecular flexibility index (Phi) is 6.64. The van der Waals surface area contributed by atoms with Gasteiger partial charge in [-0.3, -0.25) is 4.79 Å². The average Bonchev–Trinajstić information content (AvgIpc) is 2.65. The maximum absolute atomic E-state index is 12.8. The SMILES string of the molecule is Cc1cc(Br)cc(C)c1NC(=O)C1CCN(S(=O)(=O)c2ccc(Br)cc2)CC1. The highest BCUT2D eigenvalue weighted by Crippen LogP contribution is 2.28. The first-order valence-corrected chi connectivity index (χ1v) is 12.0. The van der Waals surface area contributed by atoms with Gasteiger partial charge < -0.3 is 5.32 Å². The molecule has 1 aliphatic rings. The Hall–Kier alpha value is -1.22. The molecule has 0 atom stereocenters. The van der Waals surface area contributed by atoms with Gasteiger partial charge in [0.15, 0.2) is 0 Å². The van der Waals surface area contributed by atoms with Gasteiger partial charge in [0.2, 0.25) is 15.9 Å². The van der Waals surface area contributed by atoms with Crippen LogP contribution >= 0.6 is 31.9 Å². The van der Waals surface area contributed by atoms with Crippen molar-refractivity contribution in [3.63, 3.8) is 0 Å². The van der Waals surface area contributed by atoms with Crippen molar-refractivity contribution < 1.29 is 13.2 Å². The van der Waals surface area contributed by atoms with E-state index in [1.807, 2.05) is 26.0 Å². The van der Waals surface area contributed by atoms with Gasteiger partial charge in [-0.15, -0.1) is 0 Å². The number of carbonyl (C=O) groups is 1. The number of anilines is 1. The van der Waals surface area contributed by atoms with Crippen LogP contribution in [-0.4, -0.2) is 31.7 Å². The third-order valence-corrected chi connectivity index (χ3v) is 7.92. The lowest BCUT2D eigenvalue weighted by Gasteiger charge is -2.30. The molecule has 0 spiro atoms. The van der Waals surface area contributed by atoms with E-state index in [0.29, 0.717) is 25.9 Å². The van der Waals surface area contributed by atoms with Gasteiger partial charge in [-0.1, -0.05) is 31.9 Å². The number of nitrogens with zero attached hydrogens (tertiary/aromatic N) is 1. The number of aryl methyl sites for hydroxylation is 2. The van der Waals surface area contributed by atoms with Crippen LogP contribution in [0.4, 0.5) is 5.69 Å². The summed E-state index contributed by atoms with van der Waals surface area (Å²) in [6.07, 6.45) is 1.02. The van der Waals surface area contributed by atoms with Crippen LogP contribution in [0, 0.1) is 19.8 Å². The van der Waals surface area contributed by atoms with Crippen LogP contribution in [0.2, 0.25) is 0 Å². The topological polar surface area (TPSA) is 66.5 Å². The molecule has 2 aromatic rings. The Balaban J connectivity index is 1.65. The maximum atomic E-state index is 12.8. The zero-order valence-electron chi connectivity index (χ0n) is 15.7. The first kappa shape index (κ1) is 21.5. The molecule has 8 heteroatoms. The molecular weight excluding hydrogens is 508 g/mol. The molecular formula is C20H22Br2N2O3S. The monoisotopic (exact) mass is 528 g/mol. The van der Waals surface area contributed by atoms with Gasteiger partial charge in [-0.05, 0) is 74.2 Å². The minimum atomic E-state index is -3.53. The van der Waals surface area contributed by atoms with Gasteiger partial charge >= 0.3 is 0 Å². The third kappa shape index (κ3) is 4.67. The molecule has 0 bridgehead atoms. The molecule has 0 aliphatic carbocycles. The van der Waals surface area contributed by atoms with Crippen molar-refractivity contribution in [1.29, 1.82) is 0 Å². The Morgan fingerprint density at radius 2 is 1.54 bits per heavy atom. The van der Waals surface area contributed by atoms with E-state index < -0.39 is 10.0 Å². The minimum absolute atomic E-state index is 0.0470. The number of carbonyl (C=O) groups excluding carboxylic acids is 1. The molecule has 0 saturated carbocycles. The predicted molar refractivity (Wildman–Crippen MR) is 118 cm³/mol. The zero-order valence-corrected chi connectivity index (χ0v) is 19.7. The molecule has 2 aromatic carbocycles. The number of nitrogens with one attached hydrogen (secondary N) is 1. The van der Waals surface area contributed by atoms with E-state index in [9.17, 15) is 13.2 Å². The minimum Gasteiger partial charge on any atom is -0.325 e. The van der Waals surface area contributed by atoms with Gasteiger partial charge in [-0.25, -0.2) is 8.42 Å². The van der Waals surface area contributed by atoms with Crippen LogP contribution in [-0.2, 0) is 14.8 Å². The van der Waals surface area contributed by atoms with Crippen molar-refractivity contribution in [3.05, 3.63) is 56.5 Å². The van der Waals surface area contributed by atoms with E-state index >= 15 is 0 Å². The van der Waals surface area contributed by atoms with E-state index in [2.05, 4.69) is 37.2 Å². The highest BCUT2D eigenvalue weighted by atomic mass is 79.9. The summed E-state index contributed by atoms with van der Waals surface area (Å²) < 4.78 is 28.9. The number of rotatable bonds is 4. The van der Waals surface area contributed by atoms with E-state index in [1.54, 1.807) is 24.3 Å². The number of sulfonamides is 1. The predicted octanol–water partition coefficient (Wildman–Crippen LogP) is 4.87. The maximum Gasteiger partial charge on any atom is 0.243 e. The van der Waals surface area contributed by atoms with Crippen LogP contribution < -0.4 is 5.32 Å². The van der Waals surface area contributed by atoms with Crippen molar-refractivity contribution in [2.75, 3.05) is 18.4 Å². The molecule has 1 heterocycles. The summed E-state index contributed by atoms with van der Waals surface area (Å²) in [5.74, 6) is -0.243. The summed E-state index contributed by atoms with van der Waals surface area (Å²) in [7, 11) is -3.53.